The van der Waals surface area contributed by atoms with Crippen molar-refractivity contribution in [3.8, 4) is 0 Å². The van der Waals surface area contributed by atoms with Gasteiger partial charge in [0.25, 0.3) is 0 Å². The van der Waals surface area contributed by atoms with Crippen molar-refractivity contribution in [1.29, 1.82) is 0 Å². The summed E-state index contributed by atoms with van der Waals surface area (Å²) in [6.45, 7) is 16.4. The molecule has 0 amide bonds. The van der Waals surface area contributed by atoms with Crippen LogP contribution in [0.3, 0.4) is 0 Å². The average Bonchev–Trinajstić information content (AvgIpc) is 2.16. The van der Waals surface area contributed by atoms with E-state index in [-0.39, 0.29) is 0 Å². The Kier molecular flexibility index (Phi) is 2.92. The van der Waals surface area contributed by atoms with Crippen LogP contribution in [0.4, 0.5) is 0 Å². The van der Waals surface area contributed by atoms with Crippen LogP contribution in [0.1, 0.15) is 20.8 Å². The Bertz CT molecular complexity index is 240. The third kappa shape index (κ3) is 2.37. The summed E-state index contributed by atoms with van der Waals surface area (Å²) in [7, 11) is 0. The smallest absolute Gasteiger partial charge is 0.191 e. The third-order valence-electron chi connectivity index (χ3n) is 2.33. The van der Waals surface area contributed by atoms with Crippen LogP contribution < -0.4 is 0 Å². The van der Waals surface area contributed by atoms with Gasteiger partial charge in [0.1, 0.15) is 0 Å². The van der Waals surface area contributed by atoms with Crippen molar-refractivity contribution in [2.45, 2.75) is 38.1 Å². The normalized spacial score (nSPS) is 45.8. The van der Waals surface area contributed by atoms with Gasteiger partial charge in [0, 0.05) is 0 Å². The largest absolute Gasteiger partial charge is 0.311 e. The fraction of sp³-hybridized carbons (Fsp3) is 0.500. The van der Waals surface area contributed by atoms with E-state index in [1.54, 1.807) is 39.0 Å². The predicted octanol–water partition coefficient (Wildman–Crippen LogP) is 2.76. The number of ether oxygens (including phenoxy) is 3. The second kappa shape index (κ2) is 3.59. The summed E-state index contributed by atoms with van der Waals surface area (Å²) in [4.78, 5) is 0. The molecule has 84 valence electrons. The van der Waals surface area contributed by atoms with E-state index in [9.17, 15) is 0 Å². The van der Waals surface area contributed by atoms with Crippen molar-refractivity contribution in [2.75, 3.05) is 0 Å². The van der Waals surface area contributed by atoms with Crippen LogP contribution in [0.5, 0.6) is 0 Å². The summed E-state index contributed by atoms with van der Waals surface area (Å²) in [5.41, 5.74) is 0. The Labute approximate surface area is 91.0 Å². The number of hydrogen-bond donors (Lipinski definition) is 0. The molecule has 1 aliphatic rings. The topological polar surface area (TPSA) is 27.7 Å². The molecule has 0 aliphatic carbocycles. The van der Waals surface area contributed by atoms with Gasteiger partial charge < -0.3 is 14.2 Å². The molecule has 0 radical (unpaired) electrons. The van der Waals surface area contributed by atoms with E-state index in [2.05, 4.69) is 19.7 Å². The van der Waals surface area contributed by atoms with Crippen molar-refractivity contribution < 1.29 is 14.2 Å². The van der Waals surface area contributed by atoms with E-state index in [1.165, 1.54) is 0 Å². The zero-order valence-corrected chi connectivity index (χ0v) is 9.58. The van der Waals surface area contributed by atoms with E-state index in [0.29, 0.717) is 0 Å². The van der Waals surface area contributed by atoms with Crippen LogP contribution in [0.2, 0.25) is 0 Å². The molecule has 1 heterocycles. The minimum absolute atomic E-state index is 0.913. The molecule has 0 unspecified atom stereocenters. The maximum absolute atomic E-state index is 5.63. The van der Waals surface area contributed by atoms with Crippen LogP contribution >= 0.6 is 0 Å². The Balaban J connectivity index is 3.07. The van der Waals surface area contributed by atoms with Gasteiger partial charge in [-0.3, -0.25) is 0 Å². The highest BCUT2D eigenvalue weighted by Crippen LogP contribution is 2.39. The monoisotopic (exact) mass is 210 g/mol. The number of hydrogen-bond acceptors (Lipinski definition) is 3. The Morgan fingerprint density at radius 1 is 0.667 bits per heavy atom. The lowest BCUT2D eigenvalue weighted by molar-refractivity contribution is -0.456. The summed E-state index contributed by atoms with van der Waals surface area (Å²) >= 11 is 0. The molecule has 1 saturated heterocycles. The highest BCUT2D eigenvalue weighted by Gasteiger charge is 2.48. The Morgan fingerprint density at radius 2 is 0.867 bits per heavy atom. The molecule has 0 aromatic carbocycles. The first-order chi connectivity index (χ1) is 6.80. The summed E-state index contributed by atoms with van der Waals surface area (Å²) in [5, 5.41) is 0. The van der Waals surface area contributed by atoms with Crippen LogP contribution in [0.25, 0.3) is 0 Å². The molecular formula is C12H18O3. The summed E-state index contributed by atoms with van der Waals surface area (Å²) in [6.07, 6.45) is 4.75. The molecule has 15 heavy (non-hydrogen) atoms. The molecule has 3 nitrogen and oxygen atoms in total. The zero-order valence-electron chi connectivity index (χ0n) is 9.58. The molecule has 0 saturated carbocycles. The maximum Gasteiger partial charge on any atom is 0.191 e. The molecule has 0 atom stereocenters. The van der Waals surface area contributed by atoms with Crippen molar-refractivity contribution >= 4 is 0 Å². The summed E-state index contributed by atoms with van der Waals surface area (Å²) < 4.78 is 16.9. The molecular weight excluding hydrogens is 192 g/mol. The lowest BCUT2D eigenvalue weighted by atomic mass is 10.2. The van der Waals surface area contributed by atoms with Gasteiger partial charge in [0.2, 0.25) is 0 Å². The standard InChI is InChI=1S/C12H18O3/c1-7-10(4)13-11(5,8-2)15-12(6,9-3)14-10/h7-9H,1-3H2,4-6H3. The lowest BCUT2D eigenvalue weighted by Crippen LogP contribution is -2.57. The first kappa shape index (κ1) is 12.2. The van der Waals surface area contributed by atoms with Gasteiger partial charge in [-0.05, 0) is 39.0 Å². The molecule has 0 spiro atoms. The summed E-state index contributed by atoms with van der Waals surface area (Å²) in [5.74, 6) is -2.74. The zero-order chi connectivity index (χ0) is 11.7. The van der Waals surface area contributed by atoms with Crippen molar-refractivity contribution in [2.24, 2.45) is 0 Å². The van der Waals surface area contributed by atoms with Gasteiger partial charge in [-0.25, -0.2) is 0 Å². The maximum atomic E-state index is 5.63. The highest BCUT2D eigenvalue weighted by atomic mass is 16.9. The van der Waals surface area contributed by atoms with Crippen molar-refractivity contribution in [1.82, 2.24) is 0 Å². The average molecular weight is 210 g/mol. The van der Waals surface area contributed by atoms with Crippen LogP contribution in [-0.4, -0.2) is 17.4 Å². The quantitative estimate of drug-likeness (QED) is 0.670. The third-order valence-corrected chi connectivity index (χ3v) is 2.33. The molecule has 0 N–H and O–H groups in total. The molecule has 0 aromatic heterocycles. The van der Waals surface area contributed by atoms with Crippen LogP contribution in [0, 0.1) is 0 Å². The molecule has 0 aromatic rings. The fourth-order valence-corrected chi connectivity index (χ4v) is 1.52. The molecule has 1 aliphatic heterocycles. The van der Waals surface area contributed by atoms with Crippen LogP contribution in [-0.2, 0) is 14.2 Å². The van der Waals surface area contributed by atoms with E-state index in [0.717, 1.165) is 0 Å². The van der Waals surface area contributed by atoms with Crippen LogP contribution in [0.15, 0.2) is 38.0 Å². The van der Waals surface area contributed by atoms with Crippen molar-refractivity contribution in [3.05, 3.63) is 38.0 Å². The van der Waals surface area contributed by atoms with Gasteiger partial charge in [0.05, 0.1) is 0 Å². The molecule has 1 fully saturated rings. The first-order valence-electron chi connectivity index (χ1n) is 4.82. The SMILES string of the molecule is C=CC1(C)OC(C)(C=C)OC(C)(C=C)O1. The fourth-order valence-electron chi connectivity index (χ4n) is 1.52. The van der Waals surface area contributed by atoms with Gasteiger partial charge in [-0.15, -0.1) is 0 Å². The molecule has 3 heteroatoms. The second-order valence-corrected chi connectivity index (χ2v) is 3.97. The summed E-state index contributed by atoms with van der Waals surface area (Å²) in [6, 6.07) is 0. The second-order valence-electron chi connectivity index (χ2n) is 3.97. The Hall–Kier alpha value is -0.900. The molecule has 0 bridgehead atoms. The van der Waals surface area contributed by atoms with Gasteiger partial charge >= 0.3 is 0 Å². The highest BCUT2D eigenvalue weighted by molar-refractivity contribution is 5.02. The lowest BCUT2D eigenvalue weighted by Gasteiger charge is -2.49. The number of rotatable bonds is 3. The van der Waals surface area contributed by atoms with Gasteiger partial charge in [0.15, 0.2) is 17.4 Å². The minimum atomic E-state index is -0.913. The van der Waals surface area contributed by atoms with Gasteiger partial charge in [-0.1, -0.05) is 19.7 Å². The van der Waals surface area contributed by atoms with E-state index in [4.69, 9.17) is 14.2 Å². The van der Waals surface area contributed by atoms with Gasteiger partial charge in [-0.2, -0.15) is 0 Å². The minimum Gasteiger partial charge on any atom is -0.311 e. The van der Waals surface area contributed by atoms with E-state index < -0.39 is 17.4 Å². The first-order valence-corrected chi connectivity index (χ1v) is 4.82. The van der Waals surface area contributed by atoms with E-state index >= 15 is 0 Å². The Morgan fingerprint density at radius 3 is 1.00 bits per heavy atom. The predicted molar refractivity (Wildman–Crippen MR) is 59.1 cm³/mol. The molecule has 1 rings (SSSR count). The van der Waals surface area contributed by atoms with Crippen molar-refractivity contribution in [3.63, 3.8) is 0 Å². The van der Waals surface area contributed by atoms with E-state index in [1.807, 2.05) is 0 Å².